The van der Waals surface area contributed by atoms with Crippen LogP contribution in [0.15, 0.2) is 46.4 Å². The van der Waals surface area contributed by atoms with Crippen molar-refractivity contribution in [3.8, 4) is 5.75 Å². The molecule has 1 aromatic heterocycles. The summed E-state index contributed by atoms with van der Waals surface area (Å²) in [4.78, 5) is 24.2. The Kier molecular flexibility index (Phi) is 6.58. The van der Waals surface area contributed by atoms with Gasteiger partial charge in [-0.15, -0.1) is 0 Å². The molecule has 0 spiro atoms. The topological polar surface area (TPSA) is 99.8 Å². The molecule has 8 heteroatoms. The monoisotopic (exact) mass is 423 g/mol. The molecular weight excluding hydrogens is 394 g/mol. The van der Waals surface area contributed by atoms with Crippen molar-refractivity contribution in [3.05, 3.63) is 63.6 Å². The summed E-state index contributed by atoms with van der Waals surface area (Å²) in [5.74, 6) is -1.10. The standard InChI is InChI=1S/C23H29N5O3/c1-5-18(27(4)25-3)16-9-8-10-17(13-16)23(11-6-7-12-23)15-28-14-19(29)21(30)20(26-28)22(31)24-2/h5,8-10,13-14,29H,3,6-7,11-12,15H2,1-2,4H3,(H,24,31). The first kappa shape index (κ1) is 22.3. The van der Waals surface area contributed by atoms with Gasteiger partial charge in [-0.3, -0.25) is 19.3 Å². The zero-order chi connectivity index (χ0) is 22.6. The Hall–Kier alpha value is -3.42. The van der Waals surface area contributed by atoms with E-state index in [0.717, 1.165) is 42.5 Å². The molecular formula is C23H29N5O3. The molecule has 1 amide bonds. The van der Waals surface area contributed by atoms with Crippen LogP contribution in [-0.2, 0) is 12.0 Å². The molecule has 0 aliphatic heterocycles. The Morgan fingerprint density at radius 1 is 1.42 bits per heavy atom. The predicted molar refractivity (Wildman–Crippen MR) is 121 cm³/mol. The van der Waals surface area contributed by atoms with Crippen molar-refractivity contribution in [1.29, 1.82) is 0 Å². The number of hydrazone groups is 1. The summed E-state index contributed by atoms with van der Waals surface area (Å²) in [6, 6.07) is 8.32. The number of benzene rings is 1. The third-order valence-corrected chi connectivity index (χ3v) is 6.02. The van der Waals surface area contributed by atoms with E-state index in [4.69, 9.17) is 0 Å². The van der Waals surface area contributed by atoms with E-state index in [1.54, 1.807) is 5.01 Å². The van der Waals surface area contributed by atoms with E-state index in [1.165, 1.54) is 17.9 Å². The van der Waals surface area contributed by atoms with Crippen LogP contribution in [0.2, 0.25) is 0 Å². The predicted octanol–water partition coefficient (Wildman–Crippen LogP) is 2.73. The van der Waals surface area contributed by atoms with Gasteiger partial charge in [0.2, 0.25) is 0 Å². The number of aromatic hydroxyl groups is 1. The van der Waals surface area contributed by atoms with Crippen LogP contribution < -0.4 is 10.7 Å². The maximum atomic E-state index is 12.1. The van der Waals surface area contributed by atoms with Gasteiger partial charge in [0.25, 0.3) is 11.3 Å². The van der Waals surface area contributed by atoms with E-state index >= 15 is 0 Å². The molecule has 0 saturated heterocycles. The molecule has 1 aliphatic rings. The fourth-order valence-electron chi connectivity index (χ4n) is 4.40. The Morgan fingerprint density at radius 2 is 2.13 bits per heavy atom. The molecule has 8 nitrogen and oxygen atoms in total. The van der Waals surface area contributed by atoms with Crippen LogP contribution in [0.4, 0.5) is 0 Å². The highest BCUT2D eigenvalue weighted by Gasteiger charge is 2.37. The highest BCUT2D eigenvalue weighted by Crippen LogP contribution is 2.43. The molecule has 1 saturated carbocycles. The Bertz CT molecular complexity index is 1070. The number of nitrogens with zero attached hydrogens (tertiary/aromatic N) is 4. The minimum absolute atomic E-state index is 0.219. The second-order valence-corrected chi connectivity index (χ2v) is 7.88. The number of amides is 1. The molecule has 31 heavy (non-hydrogen) atoms. The maximum Gasteiger partial charge on any atom is 0.275 e. The number of carbonyl (C=O) groups excluding carboxylic acids is 1. The third kappa shape index (κ3) is 4.38. The molecule has 1 aromatic carbocycles. The first-order valence-corrected chi connectivity index (χ1v) is 10.4. The third-order valence-electron chi connectivity index (χ3n) is 6.02. The van der Waals surface area contributed by atoms with Crippen LogP contribution in [0.25, 0.3) is 5.70 Å². The van der Waals surface area contributed by atoms with Gasteiger partial charge in [0, 0.05) is 26.2 Å². The van der Waals surface area contributed by atoms with Crippen molar-refractivity contribution < 1.29 is 9.90 Å². The van der Waals surface area contributed by atoms with E-state index in [9.17, 15) is 14.7 Å². The molecule has 164 valence electrons. The van der Waals surface area contributed by atoms with Gasteiger partial charge < -0.3 is 10.4 Å². The van der Waals surface area contributed by atoms with E-state index in [0.29, 0.717) is 6.54 Å². The lowest BCUT2D eigenvalue weighted by atomic mass is 9.78. The van der Waals surface area contributed by atoms with Gasteiger partial charge in [-0.1, -0.05) is 37.1 Å². The maximum absolute atomic E-state index is 12.1. The zero-order valence-corrected chi connectivity index (χ0v) is 18.3. The molecule has 1 aliphatic carbocycles. The van der Waals surface area contributed by atoms with Gasteiger partial charge >= 0.3 is 0 Å². The first-order chi connectivity index (χ1) is 14.8. The number of nitrogens with one attached hydrogen (secondary N) is 1. The van der Waals surface area contributed by atoms with Gasteiger partial charge in [0.05, 0.1) is 18.4 Å². The summed E-state index contributed by atoms with van der Waals surface area (Å²) in [7, 11) is 3.28. The summed E-state index contributed by atoms with van der Waals surface area (Å²) < 4.78 is 1.52. The van der Waals surface area contributed by atoms with E-state index in [1.807, 2.05) is 32.2 Å². The highest BCUT2D eigenvalue weighted by atomic mass is 16.3. The van der Waals surface area contributed by atoms with Gasteiger partial charge in [0.1, 0.15) is 0 Å². The Balaban J connectivity index is 2.04. The Labute approximate surface area is 181 Å². The highest BCUT2D eigenvalue weighted by molar-refractivity contribution is 5.92. The lowest BCUT2D eigenvalue weighted by molar-refractivity contribution is 0.0953. The van der Waals surface area contributed by atoms with Crippen molar-refractivity contribution in [2.24, 2.45) is 5.10 Å². The summed E-state index contributed by atoms with van der Waals surface area (Å²) in [5.41, 5.74) is 1.84. The minimum atomic E-state index is -0.768. The van der Waals surface area contributed by atoms with E-state index in [-0.39, 0.29) is 11.1 Å². The van der Waals surface area contributed by atoms with Crippen LogP contribution in [0.3, 0.4) is 0 Å². The number of allylic oxidation sites excluding steroid dienone is 1. The van der Waals surface area contributed by atoms with Gasteiger partial charge in [-0.2, -0.15) is 10.2 Å². The van der Waals surface area contributed by atoms with Crippen molar-refractivity contribution in [3.63, 3.8) is 0 Å². The lowest BCUT2D eigenvalue weighted by Gasteiger charge is -2.31. The summed E-state index contributed by atoms with van der Waals surface area (Å²) in [5, 5.41) is 22.5. The van der Waals surface area contributed by atoms with Crippen molar-refractivity contribution >= 4 is 18.3 Å². The molecule has 0 bridgehead atoms. The van der Waals surface area contributed by atoms with Crippen molar-refractivity contribution in [1.82, 2.24) is 20.1 Å². The first-order valence-electron chi connectivity index (χ1n) is 10.4. The molecule has 1 fully saturated rings. The quantitative estimate of drug-likeness (QED) is 0.527. The van der Waals surface area contributed by atoms with Gasteiger partial charge in [-0.05, 0) is 37.0 Å². The average Bonchev–Trinajstić information content (AvgIpc) is 3.25. The number of hydrogen-bond acceptors (Lipinski definition) is 6. The fourth-order valence-corrected chi connectivity index (χ4v) is 4.40. The number of carbonyl (C=O) groups is 1. The van der Waals surface area contributed by atoms with Crippen LogP contribution in [0.5, 0.6) is 5.75 Å². The van der Waals surface area contributed by atoms with Crippen molar-refractivity contribution in [2.45, 2.75) is 44.6 Å². The van der Waals surface area contributed by atoms with Crippen LogP contribution in [0.1, 0.15) is 54.2 Å². The largest absolute Gasteiger partial charge is 0.503 e. The number of aromatic nitrogens is 2. The molecule has 2 aromatic rings. The summed E-state index contributed by atoms with van der Waals surface area (Å²) in [6.45, 7) is 6.02. The minimum Gasteiger partial charge on any atom is -0.503 e. The summed E-state index contributed by atoms with van der Waals surface area (Å²) >= 11 is 0. The Morgan fingerprint density at radius 3 is 2.74 bits per heavy atom. The summed E-state index contributed by atoms with van der Waals surface area (Å²) in [6.07, 6.45) is 7.34. The van der Waals surface area contributed by atoms with E-state index < -0.39 is 17.1 Å². The molecule has 1 heterocycles. The molecule has 0 atom stereocenters. The normalized spacial score (nSPS) is 15.5. The van der Waals surface area contributed by atoms with Crippen LogP contribution in [-0.4, -0.2) is 46.6 Å². The van der Waals surface area contributed by atoms with Gasteiger partial charge in [0.15, 0.2) is 11.4 Å². The fraction of sp³-hybridized carbons (Fsp3) is 0.391. The molecule has 2 N–H and O–H groups in total. The molecule has 0 radical (unpaired) electrons. The zero-order valence-electron chi connectivity index (χ0n) is 18.3. The van der Waals surface area contributed by atoms with E-state index in [2.05, 4.69) is 34.4 Å². The number of rotatable bonds is 7. The van der Waals surface area contributed by atoms with Crippen LogP contribution in [0, 0.1) is 0 Å². The second kappa shape index (κ2) is 9.16. The number of hydrogen-bond donors (Lipinski definition) is 2. The smallest absolute Gasteiger partial charge is 0.275 e. The average molecular weight is 424 g/mol. The van der Waals surface area contributed by atoms with Crippen LogP contribution >= 0.6 is 0 Å². The second-order valence-electron chi connectivity index (χ2n) is 7.88. The SMILES string of the molecule is C=NN(C)C(=CC)c1cccc(C2(Cn3cc(O)c(=O)c(C(=O)NC)n3)CCCC2)c1. The molecule has 0 unspecified atom stereocenters. The van der Waals surface area contributed by atoms with Gasteiger partial charge in [-0.25, -0.2) is 0 Å². The molecule has 3 rings (SSSR count). The lowest BCUT2D eigenvalue weighted by Crippen LogP contribution is -2.33. The van der Waals surface area contributed by atoms with Crippen molar-refractivity contribution in [2.75, 3.05) is 14.1 Å².